The van der Waals surface area contributed by atoms with Crippen LogP contribution in [0.4, 0.5) is 11.5 Å². The van der Waals surface area contributed by atoms with E-state index in [1.165, 1.54) is 36.5 Å². The highest BCUT2D eigenvalue weighted by molar-refractivity contribution is 7.92. The van der Waals surface area contributed by atoms with Crippen LogP contribution in [0.5, 0.6) is 5.75 Å². The molecule has 112 valence electrons. The molecular weight excluding hydrogens is 304 g/mol. The van der Waals surface area contributed by atoms with Crippen LogP contribution in [0, 0.1) is 0 Å². The van der Waals surface area contributed by atoms with Gasteiger partial charge in [0.1, 0.15) is 11.3 Å². The Bertz CT molecular complexity index is 940. The van der Waals surface area contributed by atoms with Crippen molar-refractivity contribution in [2.75, 3.05) is 10.5 Å². The highest BCUT2D eigenvalue weighted by Crippen LogP contribution is 2.23. The molecule has 0 radical (unpaired) electrons. The summed E-state index contributed by atoms with van der Waals surface area (Å²) in [7, 11) is -3.80. The number of nitrogens with two attached hydrogens (primary N) is 1. The molecule has 1 heterocycles. The number of aromatic hydroxyl groups is 1. The van der Waals surface area contributed by atoms with Gasteiger partial charge in [-0.05, 0) is 36.4 Å². The molecule has 0 aliphatic rings. The summed E-state index contributed by atoms with van der Waals surface area (Å²) in [5.74, 6) is -0.0515. The molecule has 8 heteroatoms. The first-order valence-electron chi connectivity index (χ1n) is 6.29. The first-order chi connectivity index (χ1) is 10.5. The molecule has 0 saturated heterocycles. The Kier molecular flexibility index (Phi) is 3.30. The fraction of sp³-hybridized carbons (Fsp3) is 0. The Morgan fingerprint density at radius 2 is 1.82 bits per heavy atom. The lowest BCUT2D eigenvalue weighted by molar-refractivity contribution is 0.480. The van der Waals surface area contributed by atoms with Crippen LogP contribution < -0.4 is 10.5 Å². The molecule has 0 spiro atoms. The molecule has 3 aromatic rings. The third-order valence-electron chi connectivity index (χ3n) is 2.98. The average molecular weight is 316 g/mol. The Morgan fingerprint density at radius 3 is 2.55 bits per heavy atom. The van der Waals surface area contributed by atoms with E-state index in [0.717, 1.165) is 0 Å². The van der Waals surface area contributed by atoms with Crippen LogP contribution in [0.25, 0.3) is 11.0 Å². The van der Waals surface area contributed by atoms with Crippen LogP contribution in [0.2, 0.25) is 0 Å². The lowest BCUT2D eigenvalue weighted by Gasteiger charge is -2.08. The van der Waals surface area contributed by atoms with Gasteiger partial charge < -0.3 is 10.8 Å². The highest BCUT2D eigenvalue weighted by atomic mass is 32.2. The molecule has 3 rings (SSSR count). The zero-order valence-corrected chi connectivity index (χ0v) is 12.1. The van der Waals surface area contributed by atoms with Gasteiger partial charge in [0.2, 0.25) is 0 Å². The number of nitrogen functional groups attached to an aromatic ring is 1. The molecule has 0 unspecified atom stereocenters. The summed E-state index contributed by atoms with van der Waals surface area (Å²) in [5, 5.41) is 9.75. The van der Waals surface area contributed by atoms with Crippen molar-refractivity contribution in [1.82, 2.24) is 9.97 Å². The van der Waals surface area contributed by atoms with Gasteiger partial charge in [0, 0.05) is 5.69 Å². The van der Waals surface area contributed by atoms with Crippen LogP contribution in [-0.4, -0.2) is 23.5 Å². The normalized spacial score (nSPS) is 11.5. The number of para-hydroxylation sites is 1. The number of nitrogens with one attached hydrogen (secondary N) is 1. The van der Waals surface area contributed by atoms with Gasteiger partial charge >= 0.3 is 0 Å². The van der Waals surface area contributed by atoms with Crippen molar-refractivity contribution in [3.05, 3.63) is 48.7 Å². The van der Waals surface area contributed by atoms with E-state index in [1.54, 1.807) is 12.1 Å². The molecule has 2 aromatic carbocycles. The monoisotopic (exact) mass is 316 g/mol. The summed E-state index contributed by atoms with van der Waals surface area (Å²) in [6.45, 7) is 0. The van der Waals surface area contributed by atoms with Gasteiger partial charge in [-0.2, -0.15) is 0 Å². The van der Waals surface area contributed by atoms with E-state index < -0.39 is 10.0 Å². The fourth-order valence-electron chi connectivity index (χ4n) is 1.91. The number of hydrogen-bond acceptors (Lipinski definition) is 6. The Balaban J connectivity index is 1.98. The second-order valence-electron chi connectivity index (χ2n) is 4.57. The Hall–Kier alpha value is -2.87. The van der Waals surface area contributed by atoms with Crippen LogP contribution in [0.3, 0.4) is 0 Å². The summed E-state index contributed by atoms with van der Waals surface area (Å²) >= 11 is 0. The largest absolute Gasteiger partial charge is 0.506 e. The van der Waals surface area contributed by atoms with E-state index in [4.69, 9.17) is 5.73 Å². The van der Waals surface area contributed by atoms with Crippen molar-refractivity contribution in [3.8, 4) is 5.75 Å². The maximum Gasteiger partial charge on any atom is 0.263 e. The molecule has 0 saturated carbocycles. The third-order valence-corrected chi connectivity index (χ3v) is 4.35. The number of benzene rings is 2. The topological polar surface area (TPSA) is 118 Å². The number of rotatable bonds is 3. The summed E-state index contributed by atoms with van der Waals surface area (Å²) in [6, 6.07) is 10.5. The summed E-state index contributed by atoms with van der Waals surface area (Å²) in [4.78, 5) is 8.20. The standard InChI is InChI=1S/C14H12N4O3S/c15-9-4-6-10(7-5-9)22(20,21)18-13-8-16-11-2-1-3-12(19)14(11)17-13/h1-8,19H,15H2,(H,17,18). The number of fused-ring (bicyclic) bond motifs is 1. The zero-order chi connectivity index (χ0) is 15.7. The number of nitrogens with zero attached hydrogens (tertiary/aromatic N) is 2. The van der Waals surface area contributed by atoms with Crippen molar-refractivity contribution in [1.29, 1.82) is 0 Å². The summed E-state index contributed by atoms with van der Waals surface area (Å²) < 4.78 is 26.8. The van der Waals surface area contributed by atoms with Crippen molar-refractivity contribution in [3.63, 3.8) is 0 Å². The summed E-state index contributed by atoms with van der Waals surface area (Å²) in [5.41, 5.74) is 6.69. The second-order valence-corrected chi connectivity index (χ2v) is 6.26. The van der Waals surface area contributed by atoms with Crippen LogP contribution >= 0.6 is 0 Å². The number of phenolic OH excluding ortho intramolecular Hbond substituents is 1. The number of anilines is 2. The molecule has 0 fully saturated rings. The van der Waals surface area contributed by atoms with Gasteiger partial charge in [0.05, 0.1) is 16.6 Å². The van der Waals surface area contributed by atoms with Gasteiger partial charge in [-0.15, -0.1) is 0 Å². The minimum Gasteiger partial charge on any atom is -0.506 e. The first kappa shape index (κ1) is 14.1. The summed E-state index contributed by atoms with van der Waals surface area (Å²) in [6.07, 6.45) is 1.29. The van der Waals surface area contributed by atoms with E-state index >= 15 is 0 Å². The number of aromatic nitrogens is 2. The van der Waals surface area contributed by atoms with E-state index in [2.05, 4.69) is 14.7 Å². The molecule has 7 nitrogen and oxygen atoms in total. The number of hydrogen-bond donors (Lipinski definition) is 3. The van der Waals surface area contributed by atoms with E-state index in [9.17, 15) is 13.5 Å². The maximum absolute atomic E-state index is 12.3. The molecule has 0 aliphatic heterocycles. The molecule has 0 bridgehead atoms. The van der Waals surface area contributed by atoms with Gasteiger partial charge in [0.25, 0.3) is 10.0 Å². The lowest BCUT2D eigenvalue weighted by Crippen LogP contribution is -2.14. The minimum atomic E-state index is -3.80. The average Bonchev–Trinajstić information content (AvgIpc) is 2.48. The fourth-order valence-corrected chi connectivity index (χ4v) is 2.90. The maximum atomic E-state index is 12.3. The van der Waals surface area contributed by atoms with Crippen molar-refractivity contribution in [2.24, 2.45) is 0 Å². The third kappa shape index (κ3) is 2.63. The van der Waals surface area contributed by atoms with Gasteiger partial charge in [0.15, 0.2) is 5.82 Å². The Labute approximate surface area is 126 Å². The highest BCUT2D eigenvalue weighted by Gasteiger charge is 2.15. The predicted octanol–water partition coefficient (Wildman–Crippen LogP) is 1.72. The predicted molar refractivity (Wildman–Crippen MR) is 82.9 cm³/mol. The SMILES string of the molecule is Nc1ccc(S(=O)(=O)Nc2cnc3cccc(O)c3n2)cc1. The molecular formula is C14H12N4O3S. The van der Waals surface area contributed by atoms with Gasteiger partial charge in [-0.25, -0.2) is 13.4 Å². The van der Waals surface area contributed by atoms with Crippen LogP contribution in [0.1, 0.15) is 0 Å². The zero-order valence-electron chi connectivity index (χ0n) is 11.3. The number of sulfonamides is 1. The van der Waals surface area contributed by atoms with Crippen molar-refractivity contribution in [2.45, 2.75) is 4.90 Å². The van der Waals surface area contributed by atoms with E-state index in [-0.39, 0.29) is 22.0 Å². The number of phenols is 1. The van der Waals surface area contributed by atoms with Crippen molar-refractivity contribution < 1.29 is 13.5 Å². The van der Waals surface area contributed by atoms with Gasteiger partial charge in [-0.3, -0.25) is 9.71 Å². The molecule has 0 amide bonds. The van der Waals surface area contributed by atoms with Crippen molar-refractivity contribution >= 4 is 32.6 Å². The quantitative estimate of drug-likeness (QED) is 0.633. The lowest BCUT2D eigenvalue weighted by atomic mass is 10.3. The minimum absolute atomic E-state index is 0.0193. The second kappa shape index (κ2) is 5.15. The van der Waals surface area contributed by atoms with Gasteiger partial charge in [-0.1, -0.05) is 6.07 Å². The molecule has 0 atom stereocenters. The Morgan fingerprint density at radius 1 is 1.09 bits per heavy atom. The van der Waals surface area contributed by atoms with Crippen LogP contribution in [-0.2, 0) is 10.0 Å². The molecule has 22 heavy (non-hydrogen) atoms. The molecule has 4 N–H and O–H groups in total. The van der Waals surface area contributed by atoms with E-state index in [0.29, 0.717) is 11.2 Å². The van der Waals surface area contributed by atoms with Crippen LogP contribution in [0.15, 0.2) is 53.6 Å². The molecule has 0 aliphatic carbocycles. The first-order valence-corrected chi connectivity index (χ1v) is 7.77. The smallest absolute Gasteiger partial charge is 0.263 e. The van der Waals surface area contributed by atoms with E-state index in [1.807, 2.05) is 0 Å². The molecule has 1 aromatic heterocycles.